The highest BCUT2D eigenvalue weighted by Crippen LogP contribution is 2.24. The third-order valence-electron chi connectivity index (χ3n) is 3.78. The molecule has 3 aromatic rings. The third kappa shape index (κ3) is 3.19. The molecule has 0 aliphatic rings. The quantitative estimate of drug-likeness (QED) is 0.785. The zero-order valence-corrected chi connectivity index (χ0v) is 14.5. The van der Waals surface area contributed by atoms with E-state index in [1.807, 2.05) is 25.1 Å². The molecule has 0 saturated carbocycles. The fourth-order valence-corrected chi connectivity index (χ4v) is 3.86. The molecule has 0 bridgehead atoms. The van der Waals surface area contributed by atoms with Crippen LogP contribution in [0.15, 0.2) is 53.6 Å². The van der Waals surface area contributed by atoms with Crippen LogP contribution in [0.1, 0.15) is 11.1 Å². The average Bonchev–Trinajstić information content (AvgIpc) is 2.56. The van der Waals surface area contributed by atoms with Gasteiger partial charge in [-0.2, -0.15) is 0 Å². The van der Waals surface area contributed by atoms with E-state index in [4.69, 9.17) is 4.74 Å². The molecule has 0 amide bonds. The highest BCUT2D eigenvalue weighted by atomic mass is 32.2. The molecular weight excluding hydrogens is 324 g/mol. The van der Waals surface area contributed by atoms with Crippen molar-refractivity contribution in [1.29, 1.82) is 0 Å². The Labute approximate surface area is 141 Å². The van der Waals surface area contributed by atoms with Crippen LogP contribution in [0, 0.1) is 13.8 Å². The Kier molecular flexibility index (Phi) is 4.15. The first-order chi connectivity index (χ1) is 11.4. The number of nitrogens with one attached hydrogen (secondary N) is 1. The lowest BCUT2D eigenvalue weighted by atomic mass is 10.2. The standard InChI is InChI=1S/C18H18N2O3S/c1-12-4-5-13(2)18(8-12)24(21,22)20-15-9-14-6-7-16(23-3)10-17(14)19-11-15/h4-11,20H,1-3H3. The number of hydrogen-bond donors (Lipinski definition) is 1. The number of aryl methyl sites for hydroxylation is 2. The van der Waals surface area contributed by atoms with Gasteiger partial charge < -0.3 is 4.74 Å². The number of methoxy groups -OCH3 is 1. The predicted molar refractivity (Wildman–Crippen MR) is 95.0 cm³/mol. The van der Waals surface area contributed by atoms with Gasteiger partial charge in [0.05, 0.1) is 29.4 Å². The van der Waals surface area contributed by atoms with Crippen LogP contribution in [0.3, 0.4) is 0 Å². The van der Waals surface area contributed by atoms with E-state index in [0.717, 1.165) is 16.5 Å². The van der Waals surface area contributed by atoms with E-state index in [2.05, 4.69) is 9.71 Å². The van der Waals surface area contributed by atoms with Gasteiger partial charge in [0, 0.05) is 11.5 Å². The Morgan fingerprint density at radius 1 is 1.04 bits per heavy atom. The molecule has 0 fully saturated rings. The van der Waals surface area contributed by atoms with E-state index in [-0.39, 0.29) is 4.90 Å². The number of rotatable bonds is 4. The van der Waals surface area contributed by atoms with E-state index in [1.54, 1.807) is 38.3 Å². The lowest BCUT2D eigenvalue weighted by molar-refractivity contribution is 0.415. The number of sulfonamides is 1. The van der Waals surface area contributed by atoms with Crippen LogP contribution in [-0.4, -0.2) is 20.5 Å². The Bertz CT molecular complexity index is 1010. The van der Waals surface area contributed by atoms with Crippen molar-refractivity contribution < 1.29 is 13.2 Å². The number of hydrogen-bond acceptors (Lipinski definition) is 4. The minimum absolute atomic E-state index is 0.275. The van der Waals surface area contributed by atoms with Gasteiger partial charge in [0.25, 0.3) is 10.0 Å². The van der Waals surface area contributed by atoms with Crippen molar-refractivity contribution in [1.82, 2.24) is 4.98 Å². The molecule has 2 aromatic carbocycles. The minimum atomic E-state index is -3.66. The van der Waals surface area contributed by atoms with Crippen molar-refractivity contribution in [2.75, 3.05) is 11.8 Å². The van der Waals surface area contributed by atoms with Crippen LogP contribution in [0.2, 0.25) is 0 Å². The Hall–Kier alpha value is -2.60. The van der Waals surface area contributed by atoms with Crippen LogP contribution < -0.4 is 9.46 Å². The molecule has 3 rings (SSSR count). The highest BCUT2D eigenvalue weighted by molar-refractivity contribution is 7.92. The average molecular weight is 342 g/mol. The van der Waals surface area contributed by atoms with E-state index in [9.17, 15) is 8.42 Å². The van der Waals surface area contributed by atoms with E-state index in [1.165, 1.54) is 6.20 Å². The first kappa shape index (κ1) is 16.3. The van der Waals surface area contributed by atoms with Crippen molar-refractivity contribution in [3.8, 4) is 5.75 Å². The molecular formula is C18H18N2O3S. The lowest BCUT2D eigenvalue weighted by Gasteiger charge is -2.11. The van der Waals surface area contributed by atoms with Crippen molar-refractivity contribution in [3.63, 3.8) is 0 Å². The van der Waals surface area contributed by atoms with Gasteiger partial charge in [-0.3, -0.25) is 9.71 Å². The molecule has 0 spiro atoms. The van der Waals surface area contributed by atoms with Gasteiger partial charge in [-0.15, -0.1) is 0 Å². The third-order valence-corrected chi connectivity index (χ3v) is 5.30. The van der Waals surface area contributed by atoms with Crippen molar-refractivity contribution >= 4 is 26.6 Å². The zero-order chi connectivity index (χ0) is 17.3. The second-order valence-corrected chi connectivity index (χ2v) is 7.31. The molecule has 0 aliphatic heterocycles. The Morgan fingerprint density at radius 3 is 2.58 bits per heavy atom. The van der Waals surface area contributed by atoms with Crippen LogP contribution >= 0.6 is 0 Å². The summed E-state index contributed by atoms with van der Waals surface area (Å²) >= 11 is 0. The number of anilines is 1. The topological polar surface area (TPSA) is 68.3 Å². The Morgan fingerprint density at radius 2 is 1.83 bits per heavy atom. The van der Waals surface area contributed by atoms with Gasteiger partial charge in [-0.05, 0) is 49.2 Å². The monoisotopic (exact) mass is 342 g/mol. The minimum Gasteiger partial charge on any atom is -0.497 e. The second-order valence-electron chi connectivity index (χ2n) is 5.66. The van der Waals surface area contributed by atoms with Crippen molar-refractivity contribution in [2.24, 2.45) is 0 Å². The molecule has 1 N–H and O–H groups in total. The second kappa shape index (κ2) is 6.13. The summed E-state index contributed by atoms with van der Waals surface area (Å²) in [6.07, 6.45) is 1.50. The summed E-state index contributed by atoms with van der Waals surface area (Å²) in [6.45, 7) is 3.64. The summed E-state index contributed by atoms with van der Waals surface area (Å²) in [5.41, 5.74) is 2.76. The van der Waals surface area contributed by atoms with E-state index in [0.29, 0.717) is 17.0 Å². The van der Waals surface area contributed by atoms with Gasteiger partial charge in [0.1, 0.15) is 5.75 Å². The number of nitrogens with zero attached hydrogens (tertiary/aromatic N) is 1. The van der Waals surface area contributed by atoms with E-state index < -0.39 is 10.0 Å². The molecule has 0 saturated heterocycles. The maximum absolute atomic E-state index is 12.7. The van der Waals surface area contributed by atoms with Crippen molar-refractivity contribution in [3.05, 3.63) is 59.8 Å². The molecule has 6 heteroatoms. The summed E-state index contributed by atoms with van der Waals surface area (Å²) in [6, 6.07) is 12.6. The van der Waals surface area contributed by atoms with Crippen molar-refractivity contribution in [2.45, 2.75) is 18.7 Å². The fourth-order valence-electron chi connectivity index (χ4n) is 2.49. The number of aromatic nitrogens is 1. The lowest BCUT2D eigenvalue weighted by Crippen LogP contribution is -2.14. The van der Waals surface area contributed by atoms with Gasteiger partial charge in [-0.1, -0.05) is 12.1 Å². The smallest absolute Gasteiger partial charge is 0.262 e. The van der Waals surface area contributed by atoms with Crippen LogP contribution in [0.5, 0.6) is 5.75 Å². The molecule has 24 heavy (non-hydrogen) atoms. The van der Waals surface area contributed by atoms with E-state index >= 15 is 0 Å². The summed E-state index contributed by atoms with van der Waals surface area (Å²) in [7, 11) is -2.07. The van der Waals surface area contributed by atoms with Crippen LogP contribution in [-0.2, 0) is 10.0 Å². The first-order valence-electron chi connectivity index (χ1n) is 7.43. The maximum Gasteiger partial charge on any atom is 0.262 e. The molecule has 1 aromatic heterocycles. The summed E-state index contributed by atoms with van der Waals surface area (Å²) in [4.78, 5) is 4.58. The number of ether oxygens (including phenoxy) is 1. The molecule has 124 valence electrons. The molecule has 0 atom stereocenters. The zero-order valence-electron chi connectivity index (χ0n) is 13.7. The highest BCUT2D eigenvalue weighted by Gasteiger charge is 2.17. The van der Waals surface area contributed by atoms with Gasteiger partial charge >= 0.3 is 0 Å². The first-order valence-corrected chi connectivity index (χ1v) is 8.91. The summed E-state index contributed by atoms with van der Waals surface area (Å²) in [5, 5.41) is 0.831. The van der Waals surface area contributed by atoms with Gasteiger partial charge in [0.2, 0.25) is 0 Å². The molecule has 0 unspecified atom stereocenters. The number of fused-ring (bicyclic) bond motifs is 1. The molecule has 0 aliphatic carbocycles. The molecule has 1 heterocycles. The van der Waals surface area contributed by atoms with Gasteiger partial charge in [-0.25, -0.2) is 8.42 Å². The Balaban J connectivity index is 1.98. The normalized spacial score (nSPS) is 11.5. The molecule has 5 nitrogen and oxygen atoms in total. The largest absolute Gasteiger partial charge is 0.497 e. The summed E-state index contributed by atoms with van der Waals surface area (Å²) in [5.74, 6) is 0.707. The SMILES string of the molecule is COc1ccc2cc(NS(=O)(=O)c3cc(C)ccc3C)cnc2c1. The predicted octanol–water partition coefficient (Wildman–Crippen LogP) is 3.66. The number of benzene rings is 2. The fraction of sp³-hybridized carbons (Fsp3) is 0.167. The van der Waals surface area contributed by atoms with Gasteiger partial charge in [0.15, 0.2) is 0 Å². The molecule has 0 radical (unpaired) electrons. The maximum atomic E-state index is 12.7. The number of pyridine rings is 1. The summed E-state index contributed by atoms with van der Waals surface area (Å²) < 4.78 is 33.1. The van der Waals surface area contributed by atoms with Crippen LogP contribution in [0.4, 0.5) is 5.69 Å². The van der Waals surface area contributed by atoms with Crippen LogP contribution in [0.25, 0.3) is 10.9 Å².